The van der Waals surface area contributed by atoms with E-state index in [-0.39, 0.29) is 36.5 Å². The molecule has 3 amide bonds. The molecule has 1 aliphatic heterocycles. The Balaban J connectivity index is 0.00000185. The number of thioether (sulfide) groups is 1. The van der Waals surface area contributed by atoms with Gasteiger partial charge in [0.25, 0.3) is 12.4 Å². The Kier molecular flexibility index (Phi) is 13.8. The van der Waals surface area contributed by atoms with Crippen molar-refractivity contribution in [3.8, 4) is 11.4 Å². The van der Waals surface area contributed by atoms with Crippen molar-refractivity contribution >= 4 is 36.0 Å². The molecular weight excluding hydrogens is 608 g/mol. The molecule has 2 atom stereocenters. The third-order valence-electron chi connectivity index (χ3n) is 7.83. The average Bonchev–Trinajstić information content (AvgIpc) is 3.58. The maximum absolute atomic E-state index is 14.0. The summed E-state index contributed by atoms with van der Waals surface area (Å²) >= 11 is 1.63. The van der Waals surface area contributed by atoms with E-state index in [4.69, 9.17) is 20.0 Å². The van der Waals surface area contributed by atoms with Crippen LogP contribution in [0.2, 0.25) is 0 Å². The van der Waals surface area contributed by atoms with Gasteiger partial charge >= 0.3 is 0 Å². The monoisotopic (exact) mass is 654 g/mol. The van der Waals surface area contributed by atoms with E-state index in [1.165, 1.54) is 0 Å². The first kappa shape index (κ1) is 36.3. The highest BCUT2D eigenvalue weighted by molar-refractivity contribution is 7.98. The van der Waals surface area contributed by atoms with E-state index < -0.39 is 12.1 Å². The quantitative estimate of drug-likeness (QED) is 0.324. The molecule has 3 N–H and O–H groups in total. The number of hydrogen-bond acceptors (Lipinski definition) is 8. The summed E-state index contributed by atoms with van der Waals surface area (Å²) in [5.74, 6) is 1.35. The number of fused-ring (bicyclic) bond motifs is 1. The fourth-order valence-electron chi connectivity index (χ4n) is 5.45. The zero-order valence-electron chi connectivity index (χ0n) is 27.5. The number of aryl methyl sites for hydroxylation is 2. The highest BCUT2D eigenvalue weighted by Crippen LogP contribution is 2.25. The smallest absolute Gasteiger partial charge is 0.290 e. The maximum atomic E-state index is 14.0. The number of aromatic nitrogens is 5. The lowest BCUT2D eigenvalue weighted by molar-refractivity contribution is -0.129. The van der Waals surface area contributed by atoms with Crippen molar-refractivity contribution in [3.05, 3.63) is 53.1 Å². The number of carbonyl (C=O) groups is 4. The van der Waals surface area contributed by atoms with E-state index in [0.29, 0.717) is 61.9 Å². The zero-order valence-corrected chi connectivity index (χ0v) is 28.3. The number of hydrogen-bond donors (Lipinski definition) is 3. The molecule has 0 spiro atoms. The van der Waals surface area contributed by atoms with Gasteiger partial charge in [-0.15, -0.1) is 0 Å². The molecule has 0 saturated carbocycles. The third kappa shape index (κ3) is 9.18. The molecule has 0 bridgehead atoms. The first-order valence-corrected chi connectivity index (χ1v) is 16.9. The maximum Gasteiger partial charge on any atom is 0.290 e. The number of nitrogens with one attached hydrogen (secondary N) is 2. The highest BCUT2D eigenvalue weighted by atomic mass is 32.2. The van der Waals surface area contributed by atoms with Crippen molar-refractivity contribution in [1.29, 1.82) is 0 Å². The highest BCUT2D eigenvalue weighted by Gasteiger charge is 2.31. The van der Waals surface area contributed by atoms with Crippen LogP contribution in [0.25, 0.3) is 11.4 Å². The van der Waals surface area contributed by atoms with Crippen LogP contribution >= 0.6 is 11.8 Å². The zero-order chi connectivity index (χ0) is 33.8. The predicted octanol–water partition coefficient (Wildman–Crippen LogP) is 3.47. The van der Waals surface area contributed by atoms with Crippen molar-refractivity contribution in [2.24, 2.45) is 5.92 Å². The number of carboxylic acid groups (broad SMARTS) is 1. The van der Waals surface area contributed by atoms with Crippen LogP contribution in [0.1, 0.15) is 73.6 Å². The second-order valence-corrected chi connectivity index (χ2v) is 12.4. The largest absolute Gasteiger partial charge is 0.483 e. The van der Waals surface area contributed by atoms with E-state index in [9.17, 15) is 14.4 Å². The lowest BCUT2D eigenvalue weighted by atomic mass is 10.0. The lowest BCUT2D eigenvalue weighted by Gasteiger charge is -2.28. The van der Waals surface area contributed by atoms with Crippen LogP contribution in [-0.2, 0) is 27.5 Å². The second-order valence-electron chi connectivity index (χ2n) is 11.4. The summed E-state index contributed by atoms with van der Waals surface area (Å²) in [5.41, 5.74) is 2.98. The predicted molar refractivity (Wildman–Crippen MR) is 177 cm³/mol. The van der Waals surface area contributed by atoms with Crippen LogP contribution in [0.15, 0.2) is 30.3 Å². The summed E-state index contributed by atoms with van der Waals surface area (Å²) < 4.78 is 3.66. The van der Waals surface area contributed by atoms with E-state index in [1.54, 1.807) is 16.7 Å². The van der Waals surface area contributed by atoms with Crippen LogP contribution in [0.4, 0.5) is 0 Å². The minimum Gasteiger partial charge on any atom is -0.483 e. The molecule has 0 fully saturated rings. The van der Waals surface area contributed by atoms with Crippen molar-refractivity contribution < 1.29 is 24.3 Å². The molecule has 2 aromatic heterocycles. The van der Waals surface area contributed by atoms with Crippen molar-refractivity contribution in [2.45, 2.75) is 79.1 Å². The van der Waals surface area contributed by atoms with Gasteiger partial charge < -0.3 is 20.6 Å². The molecule has 3 heterocycles. The van der Waals surface area contributed by atoms with Crippen LogP contribution < -0.4 is 10.6 Å². The average molecular weight is 655 g/mol. The van der Waals surface area contributed by atoms with Gasteiger partial charge in [0, 0.05) is 37.3 Å². The van der Waals surface area contributed by atoms with Gasteiger partial charge in [-0.05, 0) is 51.5 Å². The molecule has 4 rings (SSSR count). The van der Waals surface area contributed by atoms with Gasteiger partial charge in [-0.3, -0.25) is 23.9 Å². The van der Waals surface area contributed by atoms with E-state index in [0.717, 1.165) is 17.0 Å². The normalized spacial score (nSPS) is 17.7. The van der Waals surface area contributed by atoms with E-state index in [1.807, 2.05) is 80.6 Å². The van der Waals surface area contributed by atoms with Gasteiger partial charge in [0.15, 0.2) is 11.6 Å². The van der Waals surface area contributed by atoms with Crippen molar-refractivity contribution in [3.63, 3.8) is 0 Å². The molecule has 13 nitrogen and oxygen atoms in total. The molecule has 250 valence electrons. The SMILES string of the molecule is CCn1nc(C)c(C(=O)N2CCCC(=O)N[C@@H](CCSC)C(=O)NC(C(C)C)c3nc(-c4ccccc4)nn3CC2)c1C.O=CO. The number of amides is 3. The molecule has 3 aromatic rings. The Morgan fingerprint density at radius 1 is 1.11 bits per heavy atom. The Morgan fingerprint density at radius 3 is 2.41 bits per heavy atom. The molecule has 0 radical (unpaired) electrons. The summed E-state index contributed by atoms with van der Waals surface area (Å²) in [5, 5.41) is 22.5. The van der Waals surface area contributed by atoms with Crippen molar-refractivity contribution in [2.75, 3.05) is 25.1 Å². The Hall–Kier alpha value is -4.20. The lowest BCUT2D eigenvalue weighted by Crippen LogP contribution is -2.49. The Bertz CT molecular complexity index is 1470. The first-order chi connectivity index (χ1) is 22.1. The summed E-state index contributed by atoms with van der Waals surface area (Å²) in [7, 11) is 0. The molecule has 46 heavy (non-hydrogen) atoms. The van der Waals surface area contributed by atoms with Gasteiger partial charge in [-0.1, -0.05) is 44.2 Å². The fourth-order valence-corrected chi connectivity index (χ4v) is 5.92. The fraction of sp³-hybridized carbons (Fsp3) is 0.531. The van der Waals surface area contributed by atoms with Crippen LogP contribution in [0.3, 0.4) is 0 Å². The topological polar surface area (TPSA) is 164 Å². The Morgan fingerprint density at radius 2 is 1.80 bits per heavy atom. The van der Waals surface area contributed by atoms with Crippen LogP contribution in [0.5, 0.6) is 0 Å². The molecule has 0 saturated heterocycles. The number of nitrogens with zero attached hydrogens (tertiary/aromatic N) is 6. The molecule has 14 heteroatoms. The van der Waals surface area contributed by atoms with E-state index in [2.05, 4.69) is 15.7 Å². The van der Waals surface area contributed by atoms with Gasteiger partial charge in [0.2, 0.25) is 11.8 Å². The number of carbonyl (C=O) groups excluding carboxylic acids is 3. The minimum atomic E-state index is -0.669. The molecule has 0 aliphatic carbocycles. The Labute approximate surface area is 274 Å². The number of rotatable bonds is 7. The summed E-state index contributed by atoms with van der Waals surface area (Å²) in [6, 6.07) is 8.60. The second kappa shape index (κ2) is 17.5. The standard InChI is InChI=1S/C31H44N8O3S.CH2O2/c1-7-38-22(5)26(21(4)35-38)31(42)37-16-11-14-25(40)32-24(15-19-43-6)30(41)33-27(20(2)3)29-34-28(36-39(29)18-17-37)23-12-9-8-10-13-23;2-1-3/h8-10,12-13,20,24,27H,7,11,14-19H2,1-6H3,(H,32,40)(H,33,41);1H,(H,2,3)/t24-,27?;/m0./s1. The van der Waals surface area contributed by atoms with Crippen molar-refractivity contribution in [1.82, 2.24) is 40.1 Å². The molecular formula is C32H46N8O5S. The number of benzene rings is 1. The summed E-state index contributed by atoms with van der Waals surface area (Å²) in [4.78, 5) is 55.6. The third-order valence-corrected chi connectivity index (χ3v) is 8.48. The summed E-state index contributed by atoms with van der Waals surface area (Å²) in [6.45, 7) is 11.4. The minimum absolute atomic E-state index is 0.0109. The van der Waals surface area contributed by atoms with E-state index >= 15 is 0 Å². The van der Waals surface area contributed by atoms with Gasteiger partial charge in [-0.2, -0.15) is 22.0 Å². The van der Waals surface area contributed by atoms with Crippen LogP contribution in [-0.4, -0.2) is 89.9 Å². The van der Waals surface area contributed by atoms with Gasteiger partial charge in [0.1, 0.15) is 6.04 Å². The summed E-state index contributed by atoms with van der Waals surface area (Å²) in [6.07, 6.45) is 3.16. The van der Waals surface area contributed by atoms with Gasteiger partial charge in [-0.25, -0.2) is 9.67 Å². The first-order valence-electron chi connectivity index (χ1n) is 15.6. The molecule has 1 aromatic carbocycles. The van der Waals surface area contributed by atoms with Crippen LogP contribution in [0, 0.1) is 19.8 Å². The van der Waals surface area contributed by atoms with Gasteiger partial charge in [0.05, 0.1) is 23.8 Å². The molecule has 1 unspecified atom stereocenters. The molecule has 1 aliphatic rings.